The predicted octanol–water partition coefficient (Wildman–Crippen LogP) is 3.66. The van der Waals surface area contributed by atoms with Gasteiger partial charge in [0.15, 0.2) is 0 Å². The molecular formula is C17H34N2O2. The quantitative estimate of drug-likeness (QED) is 0.861. The van der Waals surface area contributed by atoms with Crippen molar-refractivity contribution in [1.29, 1.82) is 0 Å². The van der Waals surface area contributed by atoms with Gasteiger partial charge in [-0.05, 0) is 51.9 Å². The zero-order valence-electron chi connectivity index (χ0n) is 15.0. The highest BCUT2D eigenvalue weighted by molar-refractivity contribution is 5.68. The largest absolute Gasteiger partial charge is 0.444 e. The molecule has 1 saturated heterocycles. The SMILES string of the molecule is CC(C)C(C)NCC1(C)CCN(C(=O)OC(C)(C)C)CC1. The van der Waals surface area contributed by atoms with Crippen LogP contribution in [0.25, 0.3) is 0 Å². The molecular weight excluding hydrogens is 264 g/mol. The Bertz CT molecular complexity index is 339. The predicted molar refractivity (Wildman–Crippen MR) is 87.5 cm³/mol. The first kappa shape index (κ1) is 18.3. The van der Waals surface area contributed by atoms with E-state index >= 15 is 0 Å². The topological polar surface area (TPSA) is 41.6 Å². The Hall–Kier alpha value is -0.770. The van der Waals surface area contributed by atoms with Crippen LogP contribution in [0.3, 0.4) is 0 Å². The lowest BCUT2D eigenvalue weighted by molar-refractivity contribution is 0.0116. The molecule has 1 atom stereocenters. The Labute approximate surface area is 130 Å². The van der Waals surface area contributed by atoms with Gasteiger partial charge in [0.1, 0.15) is 5.60 Å². The molecule has 0 aromatic heterocycles. The van der Waals surface area contributed by atoms with Crippen molar-refractivity contribution in [3.05, 3.63) is 0 Å². The van der Waals surface area contributed by atoms with Crippen LogP contribution in [-0.2, 0) is 4.74 Å². The molecule has 1 aliphatic heterocycles. The van der Waals surface area contributed by atoms with Gasteiger partial charge >= 0.3 is 6.09 Å². The summed E-state index contributed by atoms with van der Waals surface area (Å²) in [7, 11) is 0. The molecule has 1 rings (SSSR count). The number of carbonyl (C=O) groups excluding carboxylic acids is 1. The number of hydrogen-bond donors (Lipinski definition) is 1. The minimum absolute atomic E-state index is 0.173. The summed E-state index contributed by atoms with van der Waals surface area (Å²) in [4.78, 5) is 13.9. The second-order valence-corrected chi connectivity index (χ2v) is 8.19. The number of nitrogens with zero attached hydrogens (tertiary/aromatic N) is 1. The first-order chi connectivity index (χ1) is 9.52. The number of carbonyl (C=O) groups is 1. The van der Waals surface area contributed by atoms with Gasteiger partial charge in [-0.15, -0.1) is 0 Å². The number of likely N-dealkylation sites (tertiary alicyclic amines) is 1. The molecule has 0 spiro atoms. The average molecular weight is 298 g/mol. The van der Waals surface area contributed by atoms with Crippen LogP contribution in [0, 0.1) is 11.3 Å². The summed E-state index contributed by atoms with van der Waals surface area (Å²) in [5.74, 6) is 0.649. The molecule has 0 aliphatic carbocycles. The van der Waals surface area contributed by atoms with Crippen molar-refractivity contribution in [1.82, 2.24) is 10.2 Å². The van der Waals surface area contributed by atoms with E-state index < -0.39 is 5.60 Å². The highest BCUT2D eigenvalue weighted by Gasteiger charge is 2.33. The highest BCUT2D eigenvalue weighted by Crippen LogP contribution is 2.31. The fourth-order valence-corrected chi connectivity index (χ4v) is 2.38. The van der Waals surface area contributed by atoms with E-state index in [1.807, 2.05) is 25.7 Å². The molecule has 4 heteroatoms. The van der Waals surface area contributed by atoms with Crippen molar-refractivity contribution in [2.75, 3.05) is 19.6 Å². The number of amides is 1. The molecule has 1 amide bonds. The zero-order chi connectivity index (χ0) is 16.3. The van der Waals surface area contributed by atoms with Crippen LogP contribution in [0.1, 0.15) is 61.3 Å². The standard InChI is InChI=1S/C17H34N2O2/c1-13(2)14(3)18-12-17(7)8-10-19(11-9-17)15(20)21-16(4,5)6/h13-14,18H,8-12H2,1-7H3. The van der Waals surface area contributed by atoms with Crippen molar-refractivity contribution in [2.24, 2.45) is 11.3 Å². The van der Waals surface area contributed by atoms with Crippen LogP contribution in [-0.4, -0.2) is 42.3 Å². The monoisotopic (exact) mass is 298 g/mol. The van der Waals surface area contributed by atoms with E-state index in [0.717, 1.165) is 32.5 Å². The number of piperidine rings is 1. The van der Waals surface area contributed by atoms with Crippen LogP contribution in [0.4, 0.5) is 4.79 Å². The van der Waals surface area contributed by atoms with E-state index in [2.05, 4.69) is 33.0 Å². The highest BCUT2D eigenvalue weighted by atomic mass is 16.6. The molecule has 4 nitrogen and oxygen atoms in total. The molecule has 0 bridgehead atoms. The van der Waals surface area contributed by atoms with Crippen molar-refractivity contribution < 1.29 is 9.53 Å². The van der Waals surface area contributed by atoms with E-state index in [1.165, 1.54) is 0 Å². The van der Waals surface area contributed by atoms with Gasteiger partial charge in [-0.25, -0.2) is 4.79 Å². The molecule has 1 unspecified atom stereocenters. The average Bonchev–Trinajstić information content (AvgIpc) is 2.34. The lowest BCUT2D eigenvalue weighted by Gasteiger charge is -2.40. The van der Waals surface area contributed by atoms with Crippen LogP contribution in [0.2, 0.25) is 0 Å². The number of hydrogen-bond acceptors (Lipinski definition) is 3. The third kappa shape index (κ3) is 6.25. The molecule has 0 aromatic carbocycles. The number of rotatable bonds is 4. The smallest absolute Gasteiger partial charge is 0.410 e. The van der Waals surface area contributed by atoms with Crippen molar-refractivity contribution in [3.63, 3.8) is 0 Å². The molecule has 0 aromatic rings. The van der Waals surface area contributed by atoms with Crippen molar-refractivity contribution in [2.45, 2.75) is 73.0 Å². The van der Waals surface area contributed by atoms with Crippen molar-refractivity contribution >= 4 is 6.09 Å². The van der Waals surface area contributed by atoms with Gasteiger partial charge in [0.25, 0.3) is 0 Å². The maximum Gasteiger partial charge on any atom is 0.410 e. The molecule has 1 aliphatic rings. The fraction of sp³-hybridized carbons (Fsp3) is 0.941. The fourth-order valence-electron chi connectivity index (χ4n) is 2.38. The number of nitrogens with one attached hydrogen (secondary N) is 1. The van der Waals surface area contributed by atoms with Gasteiger partial charge in [0.05, 0.1) is 0 Å². The molecule has 1 fully saturated rings. The maximum atomic E-state index is 12.1. The minimum atomic E-state index is -0.411. The van der Waals surface area contributed by atoms with E-state index in [0.29, 0.717) is 12.0 Å². The molecule has 1 N–H and O–H groups in total. The third-order valence-electron chi connectivity index (χ3n) is 4.47. The van der Waals surface area contributed by atoms with Gasteiger partial charge in [-0.3, -0.25) is 0 Å². The summed E-state index contributed by atoms with van der Waals surface area (Å²) < 4.78 is 5.45. The van der Waals surface area contributed by atoms with Crippen LogP contribution < -0.4 is 5.32 Å². The summed E-state index contributed by atoms with van der Waals surface area (Å²) >= 11 is 0. The molecule has 0 radical (unpaired) electrons. The van der Waals surface area contributed by atoms with Gasteiger partial charge in [-0.2, -0.15) is 0 Å². The second kappa shape index (κ2) is 6.99. The van der Waals surface area contributed by atoms with Gasteiger partial charge in [-0.1, -0.05) is 20.8 Å². The lowest BCUT2D eigenvalue weighted by atomic mass is 9.80. The summed E-state index contributed by atoms with van der Waals surface area (Å²) in [6.45, 7) is 17.4. The minimum Gasteiger partial charge on any atom is -0.444 e. The summed E-state index contributed by atoms with van der Waals surface area (Å²) in [5, 5.41) is 3.64. The van der Waals surface area contributed by atoms with Crippen LogP contribution >= 0.6 is 0 Å². The van der Waals surface area contributed by atoms with Gasteiger partial charge < -0.3 is 15.0 Å². The molecule has 124 valence electrons. The van der Waals surface area contributed by atoms with Gasteiger partial charge in [0, 0.05) is 25.7 Å². The van der Waals surface area contributed by atoms with Crippen molar-refractivity contribution in [3.8, 4) is 0 Å². The third-order valence-corrected chi connectivity index (χ3v) is 4.47. The van der Waals surface area contributed by atoms with Crippen LogP contribution in [0.5, 0.6) is 0 Å². The van der Waals surface area contributed by atoms with Crippen LogP contribution in [0.15, 0.2) is 0 Å². The first-order valence-corrected chi connectivity index (χ1v) is 8.24. The summed E-state index contributed by atoms with van der Waals surface area (Å²) in [6.07, 6.45) is 1.89. The van der Waals surface area contributed by atoms with E-state index in [9.17, 15) is 4.79 Å². The van der Waals surface area contributed by atoms with E-state index in [-0.39, 0.29) is 11.5 Å². The Balaban J connectivity index is 2.42. The Kier molecular flexibility index (Phi) is 6.09. The van der Waals surface area contributed by atoms with E-state index in [4.69, 9.17) is 4.74 Å². The zero-order valence-corrected chi connectivity index (χ0v) is 15.0. The summed E-state index contributed by atoms with van der Waals surface area (Å²) in [6, 6.07) is 0.533. The molecule has 0 saturated carbocycles. The lowest BCUT2D eigenvalue weighted by Crippen LogP contribution is -2.48. The normalized spacial score (nSPS) is 20.5. The second-order valence-electron chi connectivity index (χ2n) is 8.19. The van der Waals surface area contributed by atoms with E-state index in [1.54, 1.807) is 0 Å². The summed E-state index contributed by atoms with van der Waals surface area (Å²) in [5.41, 5.74) is -0.131. The molecule has 21 heavy (non-hydrogen) atoms. The molecule has 1 heterocycles. The van der Waals surface area contributed by atoms with Gasteiger partial charge in [0.2, 0.25) is 0 Å². The Morgan fingerprint density at radius 1 is 1.24 bits per heavy atom. The first-order valence-electron chi connectivity index (χ1n) is 8.24. The Morgan fingerprint density at radius 3 is 2.19 bits per heavy atom. The Morgan fingerprint density at radius 2 is 1.76 bits per heavy atom. The maximum absolute atomic E-state index is 12.1. The number of ether oxygens (including phenoxy) is 1.